The molecule has 0 spiro atoms. The maximum absolute atomic E-state index is 11.9. The molecule has 1 heterocycles. The second-order valence-corrected chi connectivity index (χ2v) is 5.21. The van der Waals surface area contributed by atoms with Crippen LogP contribution in [0.15, 0.2) is 23.1 Å². The summed E-state index contributed by atoms with van der Waals surface area (Å²) in [6, 6.07) is 2.56. The summed E-state index contributed by atoms with van der Waals surface area (Å²) in [5, 5.41) is 11.6. The van der Waals surface area contributed by atoms with E-state index in [1.165, 1.54) is 4.57 Å². The number of aromatic nitrogens is 1. The van der Waals surface area contributed by atoms with Crippen LogP contribution in [0.2, 0.25) is 0 Å². The smallest absolute Gasteiger partial charge is 0.326 e. The lowest BCUT2D eigenvalue weighted by molar-refractivity contribution is -0.143. The van der Waals surface area contributed by atoms with Gasteiger partial charge in [0.25, 0.3) is 5.56 Å². The molecular weight excluding hydrogens is 272 g/mol. The molecule has 0 aliphatic heterocycles. The van der Waals surface area contributed by atoms with Gasteiger partial charge in [0.2, 0.25) is 5.91 Å². The zero-order valence-electron chi connectivity index (χ0n) is 12.6. The molecule has 21 heavy (non-hydrogen) atoms. The van der Waals surface area contributed by atoms with Crippen LogP contribution < -0.4 is 10.9 Å². The molecule has 0 bridgehead atoms. The summed E-state index contributed by atoms with van der Waals surface area (Å²) in [5.74, 6) is -1.55. The fraction of sp³-hybridized carbons (Fsp3) is 0.533. The van der Waals surface area contributed by atoms with Crippen LogP contribution in [0.4, 0.5) is 0 Å². The fourth-order valence-electron chi connectivity index (χ4n) is 1.98. The average molecular weight is 294 g/mol. The molecule has 1 amide bonds. The van der Waals surface area contributed by atoms with Crippen molar-refractivity contribution in [2.24, 2.45) is 5.92 Å². The fourth-order valence-corrected chi connectivity index (χ4v) is 1.98. The number of aryl methyl sites for hydroxylation is 2. The number of nitrogens with zero attached hydrogens (tertiary/aromatic N) is 1. The lowest BCUT2D eigenvalue weighted by Crippen LogP contribution is -2.45. The second kappa shape index (κ2) is 7.61. The monoisotopic (exact) mass is 294 g/mol. The third kappa shape index (κ3) is 4.73. The molecule has 1 aromatic rings. The normalized spacial score (nSPS) is 13.5. The summed E-state index contributed by atoms with van der Waals surface area (Å²) in [4.78, 5) is 34.8. The standard InChI is InChI=1S/C15H22N2O4/c1-4-10(2)13(15(20)21)16-12(18)7-9-17-8-5-6-11(3)14(17)19/h5-6,8,10,13H,4,7,9H2,1-3H3,(H,16,18)(H,20,21). The van der Waals surface area contributed by atoms with Crippen molar-refractivity contribution in [1.82, 2.24) is 9.88 Å². The molecule has 6 nitrogen and oxygen atoms in total. The number of carbonyl (C=O) groups excluding carboxylic acids is 1. The Labute approximate surface area is 123 Å². The predicted octanol–water partition coefficient (Wildman–Crippen LogP) is 1.16. The van der Waals surface area contributed by atoms with Crippen molar-refractivity contribution in [2.45, 2.75) is 46.2 Å². The molecule has 6 heteroatoms. The molecule has 0 aliphatic carbocycles. The van der Waals surface area contributed by atoms with Crippen molar-refractivity contribution in [3.05, 3.63) is 34.2 Å². The number of aliphatic carboxylic acids is 1. The SMILES string of the molecule is CCC(C)C(NC(=O)CCn1cccc(C)c1=O)C(=O)O. The number of hydrogen-bond acceptors (Lipinski definition) is 3. The molecule has 116 valence electrons. The minimum atomic E-state index is -1.04. The van der Waals surface area contributed by atoms with E-state index in [0.717, 1.165) is 0 Å². The quantitative estimate of drug-likeness (QED) is 0.790. The first-order valence-electron chi connectivity index (χ1n) is 7.05. The van der Waals surface area contributed by atoms with E-state index < -0.39 is 12.0 Å². The van der Waals surface area contributed by atoms with Gasteiger partial charge in [-0.15, -0.1) is 0 Å². The maximum atomic E-state index is 11.9. The molecule has 0 saturated heterocycles. The van der Waals surface area contributed by atoms with Gasteiger partial charge in [0.15, 0.2) is 0 Å². The van der Waals surface area contributed by atoms with E-state index in [1.54, 1.807) is 32.2 Å². The Morgan fingerprint density at radius 1 is 1.43 bits per heavy atom. The van der Waals surface area contributed by atoms with Crippen molar-refractivity contribution >= 4 is 11.9 Å². The topological polar surface area (TPSA) is 88.4 Å². The van der Waals surface area contributed by atoms with Gasteiger partial charge in [-0.25, -0.2) is 4.79 Å². The molecule has 0 aliphatic rings. The third-order valence-electron chi connectivity index (χ3n) is 3.59. The molecule has 2 unspecified atom stereocenters. The van der Waals surface area contributed by atoms with E-state index in [4.69, 9.17) is 5.11 Å². The Morgan fingerprint density at radius 3 is 2.67 bits per heavy atom. The van der Waals surface area contributed by atoms with Crippen LogP contribution >= 0.6 is 0 Å². The molecule has 1 aromatic heterocycles. The number of pyridine rings is 1. The lowest BCUT2D eigenvalue weighted by Gasteiger charge is -2.20. The predicted molar refractivity (Wildman–Crippen MR) is 79.1 cm³/mol. The molecule has 0 saturated carbocycles. The first-order chi connectivity index (χ1) is 9.86. The van der Waals surface area contributed by atoms with Gasteiger partial charge in [-0.3, -0.25) is 9.59 Å². The first kappa shape index (κ1) is 16.9. The lowest BCUT2D eigenvalue weighted by atomic mass is 9.99. The van der Waals surface area contributed by atoms with E-state index in [1.807, 2.05) is 6.92 Å². The van der Waals surface area contributed by atoms with Gasteiger partial charge in [0.1, 0.15) is 6.04 Å². The highest BCUT2D eigenvalue weighted by molar-refractivity contribution is 5.83. The van der Waals surface area contributed by atoms with Crippen LogP contribution in [0.5, 0.6) is 0 Å². The number of carbonyl (C=O) groups is 2. The van der Waals surface area contributed by atoms with Crippen LogP contribution in [0.1, 0.15) is 32.3 Å². The Kier molecular flexibility index (Phi) is 6.14. The molecule has 1 rings (SSSR count). The minimum Gasteiger partial charge on any atom is -0.480 e. The van der Waals surface area contributed by atoms with Crippen LogP contribution in [-0.2, 0) is 16.1 Å². The van der Waals surface area contributed by atoms with Gasteiger partial charge in [-0.1, -0.05) is 26.3 Å². The van der Waals surface area contributed by atoms with Gasteiger partial charge in [-0.05, 0) is 18.9 Å². The van der Waals surface area contributed by atoms with Crippen LogP contribution in [0.25, 0.3) is 0 Å². The van der Waals surface area contributed by atoms with Gasteiger partial charge in [-0.2, -0.15) is 0 Å². The highest BCUT2D eigenvalue weighted by Crippen LogP contribution is 2.08. The number of nitrogens with one attached hydrogen (secondary N) is 1. The van der Waals surface area contributed by atoms with E-state index in [2.05, 4.69) is 5.32 Å². The Hall–Kier alpha value is -2.11. The zero-order valence-corrected chi connectivity index (χ0v) is 12.6. The summed E-state index contributed by atoms with van der Waals surface area (Å²) in [5.41, 5.74) is 0.475. The van der Waals surface area contributed by atoms with E-state index in [-0.39, 0.29) is 30.3 Å². The summed E-state index contributed by atoms with van der Waals surface area (Å²) >= 11 is 0. The molecule has 0 radical (unpaired) electrons. The Bertz CT molecular complexity index is 565. The van der Waals surface area contributed by atoms with Gasteiger partial charge >= 0.3 is 5.97 Å². The van der Waals surface area contributed by atoms with Gasteiger partial charge in [0.05, 0.1) is 0 Å². The number of carboxylic acids is 1. The van der Waals surface area contributed by atoms with Crippen LogP contribution in [0, 0.1) is 12.8 Å². The number of carboxylic acid groups (broad SMARTS) is 1. The second-order valence-electron chi connectivity index (χ2n) is 5.21. The van der Waals surface area contributed by atoms with Crippen molar-refractivity contribution in [1.29, 1.82) is 0 Å². The van der Waals surface area contributed by atoms with E-state index >= 15 is 0 Å². The van der Waals surface area contributed by atoms with Crippen molar-refractivity contribution in [3.8, 4) is 0 Å². The van der Waals surface area contributed by atoms with Crippen molar-refractivity contribution in [3.63, 3.8) is 0 Å². The van der Waals surface area contributed by atoms with Crippen molar-refractivity contribution in [2.75, 3.05) is 0 Å². The minimum absolute atomic E-state index is 0.0730. The number of hydrogen-bond donors (Lipinski definition) is 2. The maximum Gasteiger partial charge on any atom is 0.326 e. The zero-order chi connectivity index (χ0) is 16.0. The average Bonchev–Trinajstić information content (AvgIpc) is 2.45. The molecule has 2 atom stereocenters. The Balaban J connectivity index is 2.63. The molecule has 0 fully saturated rings. The van der Waals surface area contributed by atoms with Gasteiger partial charge < -0.3 is 15.0 Å². The summed E-state index contributed by atoms with van der Waals surface area (Å²) < 4.78 is 1.45. The number of rotatable bonds is 7. The Morgan fingerprint density at radius 2 is 2.10 bits per heavy atom. The molecular formula is C15H22N2O4. The molecule has 0 aromatic carbocycles. The summed E-state index contributed by atoms with van der Waals surface area (Å²) in [6.07, 6.45) is 2.35. The van der Waals surface area contributed by atoms with Crippen molar-refractivity contribution < 1.29 is 14.7 Å². The largest absolute Gasteiger partial charge is 0.480 e. The highest BCUT2D eigenvalue weighted by atomic mass is 16.4. The summed E-state index contributed by atoms with van der Waals surface area (Å²) in [7, 11) is 0. The van der Waals surface area contributed by atoms with Crippen LogP contribution in [0.3, 0.4) is 0 Å². The first-order valence-corrected chi connectivity index (χ1v) is 7.05. The highest BCUT2D eigenvalue weighted by Gasteiger charge is 2.24. The van der Waals surface area contributed by atoms with Gasteiger partial charge in [0, 0.05) is 24.7 Å². The summed E-state index contributed by atoms with van der Waals surface area (Å²) in [6.45, 7) is 5.60. The van der Waals surface area contributed by atoms with E-state index in [9.17, 15) is 14.4 Å². The third-order valence-corrected chi connectivity index (χ3v) is 3.59. The van der Waals surface area contributed by atoms with Crippen LogP contribution in [-0.4, -0.2) is 27.6 Å². The van der Waals surface area contributed by atoms with E-state index in [0.29, 0.717) is 12.0 Å². The molecule has 2 N–H and O–H groups in total. The number of amides is 1.